The van der Waals surface area contributed by atoms with Crippen LogP contribution in [0, 0.1) is 0 Å². The predicted octanol–water partition coefficient (Wildman–Crippen LogP) is 2.81. The molecule has 0 unspecified atom stereocenters. The summed E-state index contributed by atoms with van der Waals surface area (Å²) in [7, 11) is 0. The number of carboxylic acid groups (broad SMARTS) is 1. The van der Waals surface area contributed by atoms with Crippen molar-refractivity contribution in [2.75, 3.05) is 11.4 Å². The van der Waals surface area contributed by atoms with Crippen molar-refractivity contribution < 1.29 is 9.90 Å². The van der Waals surface area contributed by atoms with E-state index >= 15 is 0 Å². The van der Waals surface area contributed by atoms with E-state index in [1.54, 1.807) is 0 Å². The van der Waals surface area contributed by atoms with Crippen LogP contribution in [0.4, 0.5) is 5.82 Å². The largest absolute Gasteiger partial charge is 0.478 e. The molecule has 1 N–H and O–H groups in total. The van der Waals surface area contributed by atoms with Gasteiger partial charge >= 0.3 is 5.97 Å². The lowest BCUT2D eigenvalue weighted by Crippen LogP contribution is -2.38. The van der Waals surface area contributed by atoms with Crippen LogP contribution < -0.4 is 4.90 Å². The molecular formula is C12H15ClN2O2. The Hall–Kier alpha value is -1.29. The zero-order chi connectivity index (χ0) is 12.6. The normalized spacial score (nSPS) is 18.4. The topological polar surface area (TPSA) is 53.4 Å². The van der Waals surface area contributed by atoms with Crippen molar-refractivity contribution in [2.45, 2.75) is 32.2 Å². The van der Waals surface area contributed by atoms with Crippen molar-refractivity contribution in [1.29, 1.82) is 0 Å². The summed E-state index contributed by atoms with van der Waals surface area (Å²) in [6.07, 6.45) is 3.55. The number of pyridine rings is 1. The first-order valence-corrected chi connectivity index (χ1v) is 5.96. The van der Waals surface area contributed by atoms with E-state index in [4.69, 9.17) is 16.7 Å². The highest BCUT2D eigenvalue weighted by Crippen LogP contribution is 2.36. The molecule has 92 valence electrons. The van der Waals surface area contributed by atoms with Crippen LogP contribution in [0.25, 0.3) is 0 Å². The number of hydrogen-bond donors (Lipinski definition) is 1. The van der Waals surface area contributed by atoms with Gasteiger partial charge in [-0.25, -0.2) is 9.78 Å². The van der Waals surface area contributed by atoms with Gasteiger partial charge in [-0.05, 0) is 32.8 Å². The van der Waals surface area contributed by atoms with Crippen LogP contribution in [-0.4, -0.2) is 28.1 Å². The summed E-state index contributed by atoms with van der Waals surface area (Å²) in [6, 6.07) is 1.46. The highest BCUT2D eigenvalue weighted by Gasteiger charge is 2.34. The lowest BCUT2D eigenvalue weighted by Gasteiger charge is -2.33. The van der Waals surface area contributed by atoms with Crippen molar-refractivity contribution in [3.63, 3.8) is 0 Å². The van der Waals surface area contributed by atoms with Crippen LogP contribution in [0.1, 0.15) is 37.0 Å². The quantitative estimate of drug-likeness (QED) is 0.882. The number of halogens is 1. The molecule has 0 bridgehead atoms. The SMILES string of the molecule is CC1(C)CCCN1c1ncc(C(=O)O)cc1Cl. The van der Waals surface area contributed by atoms with Crippen LogP contribution in [0.2, 0.25) is 5.02 Å². The second-order valence-corrected chi connectivity index (χ2v) is 5.31. The van der Waals surface area contributed by atoms with Gasteiger partial charge in [0, 0.05) is 18.3 Å². The number of carbonyl (C=O) groups is 1. The first-order valence-electron chi connectivity index (χ1n) is 5.58. The Bertz CT molecular complexity index is 460. The summed E-state index contributed by atoms with van der Waals surface area (Å²) in [6.45, 7) is 5.19. The average molecular weight is 255 g/mol. The van der Waals surface area contributed by atoms with Crippen molar-refractivity contribution in [3.8, 4) is 0 Å². The van der Waals surface area contributed by atoms with Gasteiger partial charge in [-0.3, -0.25) is 0 Å². The van der Waals surface area contributed by atoms with E-state index < -0.39 is 5.97 Å². The van der Waals surface area contributed by atoms with E-state index in [1.807, 2.05) is 0 Å². The number of nitrogens with zero attached hydrogens (tertiary/aromatic N) is 2. The predicted molar refractivity (Wildman–Crippen MR) is 66.9 cm³/mol. The minimum Gasteiger partial charge on any atom is -0.478 e. The zero-order valence-electron chi connectivity index (χ0n) is 9.90. The second kappa shape index (κ2) is 4.18. The number of aromatic carboxylic acids is 1. The van der Waals surface area contributed by atoms with E-state index in [-0.39, 0.29) is 11.1 Å². The van der Waals surface area contributed by atoms with Gasteiger partial charge in [0.05, 0.1) is 10.6 Å². The van der Waals surface area contributed by atoms with Crippen molar-refractivity contribution in [3.05, 3.63) is 22.8 Å². The van der Waals surface area contributed by atoms with Gasteiger partial charge in [0.25, 0.3) is 0 Å². The van der Waals surface area contributed by atoms with Crippen LogP contribution in [0.5, 0.6) is 0 Å². The van der Waals surface area contributed by atoms with Crippen LogP contribution in [0.3, 0.4) is 0 Å². The standard InChI is InChI=1S/C12H15ClN2O2/c1-12(2)4-3-5-15(12)10-9(13)6-8(7-14-10)11(16)17/h6-7H,3-5H2,1-2H3,(H,16,17). The molecular weight excluding hydrogens is 240 g/mol. The Balaban J connectivity index is 2.37. The van der Waals surface area contributed by atoms with Crippen molar-refractivity contribution in [2.24, 2.45) is 0 Å². The third-order valence-corrected chi connectivity index (χ3v) is 3.50. The monoisotopic (exact) mass is 254 g/mol. The molecule has 1 fully saturated rings. The maximum absolute atomic E-state index is 10.8. The molecule has 0 amide bonds. The Morgan fingerprint density at radius 1 is 1.59 bits per heavy atom. The van der Waals surface area contributed by atoms with Gasteiger partial charge in [0.15, 0.2) is 0 Å². The average Bonchev–Trinajstić information content (AvgIpc) is 2.58. The summed E-state index contributed by atoms with van der Waals surface area (Å²) in [5.41, 5.74) is 0.150. The molecule has 4 nitrogen and oxygen atoms in total. The lowest BCUT2D eigenvalue weighted by molar-refractivity contribution is 0.0696. The molecule has 1 aliphatic heterocycles. The second-order valence-electron chi connectivity index (χ2n) is 4.90. The highest BCUT2D eigenvalue weighted by atomic mass is 35.5. The van der Waals surface area contributed by atoms with E-state index in [1.165, 1.54) is 12.3 Å². The Morgan fingerprint density at radius 2 is 2.29 bits per heavy atom. The summed E-state index contributed by atoms with van der Waals surface area (Å²) in [4.78, 5) is 17.1. The van der Waals surface area contributed by atoms with E-state index in [9.17, 15) is 4.79 Å². The first-order chi connectivity index (χ1) is 7.92. The van der Waals surface area contributed by atoms with Gasteiger partial charge in [-0.2, -0.15) is 0 Å². The maximum atomic E-state index is 10.8. The molecule has 0 aliphatic carbocycles. The molecule has 1 saturated heterocycles. The van der Waals surface area contributed by atoms with Crippen LogP contribution in [0.15, 0.2) is 12.3 Å². The minimum absolute atomic E-state index is 0.0291. The van der Waals surface area contributed by atoms with Crippen LogP contribution >= 0.6 is 11.6 Å². The molecule has 1 aromatic heterocycles. The molecule has 0 radical (unpaired) electrons. The van der Waals surface area contributed by atoms with E-state index in [0.717, 1.165) is 19.4 Å². The zero-order valence-corrected chi connectivity index (χ0v) is 10.7. The maximum Gasteiger partial charge on any atom is 0.337 e. The fourth-order valence-electron chi connectivity index (χ4n) is 2.25. The van der Waals surface area contributed by atoms with Gasteiger partial charge in [0.2, 0.25) is 0 Å². The summed E-state index contributed by atoms with van der Waals surface area (Å²) in [5.74, 6) is -0.328. The molecule has 0 spiro atoms. The highest BCUT2D eigenvalue weighted by molar-refractivity contribution is 6.33. The van der Waals surface area contributed by atoms with Gasteiger partial charge in [-0.1, -0.05) is 11.6 Å². The van der Waals surface area contributed by atoms with Gasteiger partial charge in [0.1, 0.15) is 5.82 Å². The number of carboxylic acids is 1. The number of hydrogen-bond acceptors (Lipinski definition) is 3. The molecule has 2 heterocycles. The van der Waals surface area contributed by atoms with Gasteiger partial charge < -0.3 is 10.0 Å². The first kappa shape index (κ1) is 12.2. The number of rotatable bonds is 2. The van der Waals surface area contributed by atoms with Gasteiger partial charge in [-0.15, -0.1) is 0 Å². The minimum atomic E-state index is -1.01. The van der Waals surface area contributed by atoms with E-state index in [2.05, 4.69) is 23.7 Å². The fraction of sp³-hybridized carbons (Fsp3) is 0.500. The molecule has 5 heteroatoms. The summed E-state index contributed by atoms with van der Waals surface area (Å²) < 4.78 is 0. The molecule has 0 aromatic carbocycles. The molecule has 0 saturated carbocycles. The number of anilines is 1. The molecule has 0 atom stereocenters. The fourth-order valence-corrected chi connectivity index (χ4v) is 2.51. The third-order valence-electron chi connectivity index (χ3n) is 3.23. The Morgan fingerprint density at radius 3 is 2.76 bits per heavy atom. The molecule has 2 rings (SSSR count). The third kappa shape index (κ3) is 2.22. The molecule has 1 aliphatic rings. The Kier molecular flexibility index (Phi) is 3.00. The van der Waals surface area contributed by atoms with Crippen LogP contribution in [-0.2, 0) is 0 Å². The molecule has 1 aromatic rings. The smallest absolute Gasteiger partial charge is 0.337 e. The lowest BCUT2D eigenvalue weighted by atomic mass is 10.0. The summed E-state index contributed by atoms with van der Waals surface area (Å²) in [5, 5.41) is 9.26. The number of aromatic nitrogens is 1. The van der Waals surface area contributed by atoms with E-state index in [0.29, 0.717) is 10.8 Å². The van der Waals surface area contributed by atoms with Crippen molar-refractivity contribution >= 4 is 23.4 Å². The molecule has 17 heavy (non-hydrogen) atoms. The summed E-state index contributed by atoms with van der Waals surface area (Å²) >= 11 is 6.11. The Labute approximate surface area is 105 Å². The van der Waals surface area contributed by atoms with Crippen molar-refractivity contribution in [1.82, 2.24) is 4.98 Å².